The van der Waals surface area contributed by atoms with E-state index >= 15 is 0 Å². The lowest BCUT2D eigenvalue weighted by Crippen LogP contribution is -2.39. The zero-order chi connectivity index (χ0) is 17.2. The molecule has 23 heavy (non-hydrogen) atoms. The highest BCUT2D eigenvalue weighted by molar-refractivity contribution is 7.91. The van der Waals surface area contributed by atoms with Crippen molar-refractivity contribution in [1.82, 2.24) is 4.90 Å². The average Bonchev–Trinajstić information content (AvgIpc) is 2.81. The second-order valence-electron chi connectivity index (χ2n) is 6.10. The van der Waals surface area contributed by atoms with Gasteiger partial charge < -0.3 is 10.2 Å². The van der Waals surface area contributed by atoms with E-state index in [2.05, 4.69) is 5.32 Å². The monoisotopic (exact) mass is 338 g/mol. The topological polar surface area (TPSA) is 83.6 Å². The van der Waals surface area contributed by atoms with Crippen LogP contribution in [-0.4, -0.2) is 49.7 Å². The number of carbonyl (C=O) groups excluding carboxylic acids is 2. The van der Waals surface area contributed by atoms with Gasteiger partial charge in [0.1, 0.15) is 6.42 Å². The van der Waals surface area contributed by atoms with Gasteiger partial charge in [0, 0.05) is 18.8 Å². The molecule has 1 aliphatic rings. The molecule has 0 bridgehead atoms. The molecule has 0 aromatic heterocycles. The summed E-state index contributed by atoms with van der Waals surface area (Å²) in [4.78, 5) is 25.6. The quantitative estimate of drug-likeness (QED) is 0.838. The first-order valence-electron chi connectivity index (χ1n) is 7.51. The number of nitrogens with zero attached hydrogens (tertiary/aromatic N) is 1. The van der Waals surface area contributed by atoms with E-state index in [9.17, 15) is 18.0 Å². The fraction of sp³-hybridized carbons (Fsp3) is 0.500. The minimum atomic E-state index is -3.06. The summed E-state index contributed by atoms with van der Waals surface area (Å²) < 4.78 is 23.0. The molecule has 126 valence electrons. The number of hydrogen-bond acceptors (Lipinski definition) is 4. The van der Waals surface area contributed by atoms with Crippen LogP contribution in [0.15, 0.2) is 18.2 Å². The number of carbonyl (C=O) groups is 2. The van der Waals surface area contributed by atoms with Crippen LogP contribution in [0.5, 0.6) is 0 Å². The van der Waals surface area contributed by atoms with Crippen LogP contribution in [0.25, 0.3) is 0 Å². The van der Waals surface area contributed by atoms with Crippen molar-refractivity contribution in [3.63, 3.8) is 0 Å². The Balaban J connectivity index is 1.93. The lowest BCUT2D eigenvalue weighted by Gasteiger charge is -2.23. The van der Waals surface area contributed by atoms with Gasteiger partial charge in [0.05, 0.1) is 11.5 Å². The van der Waals surface area contributed by atoms with Crippen LogP contribution in [-0.2, 0) is 19.4 Å². The van der Waals surface area contributed by atoms with Crippen molar-refractivity contribution in [2.24, 2.45) is 0 Å². The van der Waals surface area contributed by atoms with Crippen molar-refractivity contribution < 1.29 is 18.0 Å². The summed E-state index contributed by atoms with van der Waals surface area (Å²) in [7, 11) is -1.50. The molecule has 1 fully saturated rings. The van der Waals surface area contributed by atoms with Gasteiger partial charge in [-0.25, -0.2) is 8.42 Å². The second-order valence-corrected chi connectivity index (χ2v) is 8.33. The zero-order valence-corrected chi connectivity index (χ0v) is 14.4. The fourth-order valence-corrected chi connectivity index (χ4v) is 4.47. The highest BCUT2D eigenvalue weighted by atomic mass is 32.2. The van der Waals surface area contributed by atoms with E-state index in [-0.39, 0.29) is 29.9 Å². The number of hydrogen-bond donors (Lipinski definition) is 1. The Labute approximate surface area is 136 Å². The zero-order valence-electron chi connectivity index (χ0n) is 13.6. The Bertz CT molecular complexity index is 728. The van der Waals surface area contributed by atoms with Gasteiger partial charge in [-0.15, -0.1) is 0 Å². The standard InChI is InChI=1S/C16H22N2O4S/c1-11-4-5-14(12(2)8-11)17-15(19)9-16(20)18(3)13-6-7-23(21,22)10-13/h4-5,8,13H,6-7,9-10H2,1-3H3,(H,17,19). The van der Waals surface area contributed by atoms with E-state index in [1.807, 2.05) is 26.0 Å². The molecule has 2 rings (SSSR count). The summed E-state index contributed by atoms with van der Waals surface area (Å²) in [5.41, 5.74) is 2.71. The van der Waals surface area contributed by atoms with E-state index in [0.717, 1.165) is 11.1 Å². The number of rotatable bonds is 4. The number of benzene rings is 1. The van der Waals surface area contributed by atoms with Gasteiger partial charge in [0.25, 0.3) is 0 Å². The molecular weight excluding hydrogens is 316 g/mol. The van der Waals surface area contributed by atoms with E-state index in [1.165, 1.54) is 4.90 Å². The Morgan fingerprint density at radius 1 is 1.30 bits per heavy atom. The average molecular weight is 338 g/mol. The van der Waals surface area contributed by atoms with Crippen molar-refractivity contribution in [2.75, 3.05) is 23.9 Å². The Kier molecular flexibility index (Phi) is 5.09. The smallest absolute Gasteiger partial charge is 0.233 e. The van der Waals surface area contributed by atoms with E-state index in [4.69, 9.17) is 0 Å². The molecule has 0 spiro atoms. The number of sulfone groups is 1. The lowest BCUT2D eigenvalue weighted by molar-refractivity contribution is -0.134. The summed E-state index contributed by atoms with van der Waals surface area (Å²) in [6.07, 6.45) is 0.142. The van der Waals surface area contributed by atoms with Gasteiger partial charge in [-0.1, -0.05) is 17.7 Å². The summed E-state index contributed by atoms with van der Waals surface area (Å²) in [5.74, 6) is -0.679. The van der Waals surface area contributed by atoms with Crippen LogP contribution < -0.4 is 5.32 Å². The van der Waals surface area contributed by atoms with Crippen molar-refractivity contribution in [3.05, 3.63) is 29.3 Å². The van der Waals surface area contributed by atoms with Crippen molar-refractivity contribution >= 4 is 27.3 Å². The number of anilines is 1. The largest absolute Gasteiger partial charge is 0.341 e. The third-order valence-electron chi connectivity index (χ3n) is 4.12. The molecule has 1 aromatic rings. The minimum Gasteiger partial charge on any atom is -0.341 e. The molecule has 1 saturated heterocycles. The fourth-order valence-electron chi connectivity index (χ4n) is 2.69. The molecular formula is C16H22N2O4S. The predicted molar refractivity (Wildman–Crippen MR) is 89.0 cm³/mol. The molecule has 7 heteroatoms. The van der Waals surface area contributed by atoms with Crippen LogP contribution in [0, 0.1) is 13.8 Å². The SMILES string of the molecule is Cc1ccc(NC(=O)CC(=O)N(C)C2CCS(=O)(=O)C2)c(C)c1. The maximum atomic E-state index is 12.2. The summed E-state index contributed by atoms with van der Waals surface area (Å²) in [6, 6.07) is 5.31. The second kappa shape index (κ2) is 6.70. The molecule has 2 amide bonds. The van der Waals surface area contributed by atoms with Gasteiger partial charge in [-0.05, 0) is 31.9 Å². The van der Waals surface area contributed by atoms with Crippen LogP contribution in [0.4, 0.5) is 5.69 Å². The molecule has 1 unspecified atom stereocenters. The van der Waals surface area contributed by atoms with Crippen LogP contribution in [0.1, 0.15) is 24.0 Å². The summed E-state index contributed by atoms with van der Waals surface area (Å²) >= 11 is 0. The van der Waals surface area contributed by atoms with Gasteiger partial charge in [-0.3, -0.25) is 9.59 Å². The number of nitrogens with one attached hydrogen (secondary N) is 1. The molecule has 1 atom stereocenters. The van der Waals surface area contributed by atoms with E-state index in [0.29, 0.717) is 12.1 Å². The Hall–Kier alpha value is -1.89. The Morgan fingerprint density at radius 3 is 2.57 bits per heavy atom. The van der Waals surface area contributed by atoms with E-state index in [1.54, 1.807) is 13.1 Å². The highest BCUT2D eigenvalue weighted by Crippen LogP contribution is 2.18. The first kappa shape index (κ1) is 17.5. The van der Waals surface area contributed by atoms with Crippen molar-refractivity contribution in [2.45, 2.75) is 32.7 Å². The molecule has 6 nitrogen and oxygen atoms in total. The van der Waals surface area contributed by atoms with Gasteiger partial charge in [0.2, 0.25) is 11.8 Å². The Morgan fingerprint density at radius 2 is 2.00 bits per heavy atom. The van der Waals surface area contributed by atoms with E-state index < -0.39 is 15.7 Å². The van der Waals surface area contributed by atoms with Crippen molar-refractivity contribution in [3.8, 4) is 0 Å². The molecule has 1 N–H and O–H groups in total. The first-order valence-corrected chi connectivity index (χ1v) is 9.33. The minimum absolute atomic E-state index is 0.0199. The summed E-state index contributed by atoms with van der Waals surface area (Å²) in [5, 5.41) is 2.73. The third kappa shape index (κ3) is 4.54. The maximum Gasteiger partial charge on any atom is 0.233 e. The molecule has 1 heterocycles. The predicted octanol–water partition coefficient (Wildman–Crippen LogP) is 1.28. The highest BCUT2D eigenvalue weighted by Gasteiger charge is 2.33. The van der Waals surface area contributed by atoms with Crippen LogP contribution in [0.3, 0.4) is 0 Å². The van der Waals surface area contributed by atoms with Gasteiger partial charge in [0.15, 0.2) is 9.84 Å². The molecule has 0 aliphatic carbocycles. The molecule has 0 saturated carbocycles. The normalized spacial score (nSPS) is 19.3. The summed E-state index contributed by atoms with van der Waals surface area (Å²) in [6.45, 7) is 3.85. The van der Waals surface area contributed by atoms with Gasteiger partial charge >= 0.3 is 0 Å². The number of aryl methyl sites for hydroxylation is 2. The van der Waals surface area contributed by atoms with Crippen LogP contribution >= 0.6 is 0 Å². The molecule has 0 radical (unpaired) electrons. The van der Waals surface area contributed by atoms with Crippen LogP contribution in [0.2, 0.25) is 0 Å². The first-order chi connectivity index (χ1) is 10.7. The molecule has 1 aliphatic heterocycles. The maximum absolute atomic E-state index is 12.2. The van der Waals surface area contributed by atoms with Crippen molar-refractivity contribution in [1.29, 1.82) is 0 Å². The molecule has 1 aromatic carbocycles. The number of amides is 2. The third-order valence-corrected chi connectivity index (χ3v) is 5.87. The lowest BCUT2D eigenvalue weighted by atomic mass is 10.1. The van der Waals surface area contributed by atoms with Gasteiger partial charge in [-0.2, -0.15) is 0 Å².